The van der Waals surface area contributed by atoms with Crippen LogP contribution in [0, 0.1) is 0 Å². The van der Waals surface area contributed by atoms with Crippen LogP contribution in [0.15, 0.2) is 66.2 Å². The molecular formula is C29H26N2O7S. The molecule has 1 fully saturated rings. The molecule has 3 aromatic carbocycles. The lowest BCUT2D eigenvalue weighted by Gasteiger charge is -2.24. The molecule has 0 bridgehead atoms. The van der Waals surface area contributed by atoms with Gasteiger partial charge in [-0.3, -0.25) is 14.5 Å². The normalized spacial score (nSPS) is 16.5. The summed E-state index contributed by atoms with van der Waals surface area (Å²) in [4.78, 5) is 33.1. The van der Waals surface area contributed by atoms with Crippen molar-refractivity contribution in [3.8, 4) is 23.0 Å². The summed E-state index contributed by atoms with van der Waals surface area (Å²) in [6, 6.07) is 16.3. The van der Waals surface area contributed by atoms with Crippen LogP contribution in [-0.4, -0.2) is 49.7 Å². The predicted molar refractivity (Wildman–Crippen MR) is 148 cm³/mol. The van der Waals surface area contributed by atoms with Crippen molar-refractivity contribution >= 4 is 44.1 Å². The predicted octanol–water partition coefficient (Wildman–Crippen LogP) is 5.35. The highest BCUT2D eigenvalue weighted by Crippen LogP contribution is 2.48. The quantitative estimate of drug-likeness (QED) is 0.179. The molecule has 200 valence electrons. The zero-order valence-corrected chi connectivity index (χ0v) is 22.6. The molecule has 1 amide bonds. The smallest absolute Gasteiger partial charge is 0.301 e. The zero-order chi connectivity index (χ0) is 27.7. The molecule has 1 atom stereocenters. The van der Waals surface area contributed by atoms with E-state index in [4.69, 9.17) is 18.9 Å². The molecule has 1 aromatic heterocycles. The Balaban J connectivity index is 1.75. The number of Topliss-reactive ketones (excluding diaryl/α,β-unsaturated/α-hetero) is 1. The lowest BCUT2D eigenvalue weighted by molar-refractivity contribution is -0.132. The maximum atomic E-state index is 13.6. The van der Waals surface area contributed by atoms with Gasteiger partial charge in [0, 0.05) is 5.56 Å². The van der Waals surface area contributed by atoms with E-state index in [2.05, 4.69) is 4.98 Å². The summed E-state index contributed by atoms with van der Waals surface area (Å²) in [5, 5.41) is 11.7. The monoisotopic (exact) mass is 546 g/mol. The number of carbonyl (C=O) groups is 2. The minimum atomic E-state index is -1.02. The number of fused-ring (bicyclic) bond motifs is 1. The highest BCUT2D eigenvalue weighted by Gasteiger charge is 2.48. The molecule has 4 aromatic rings. The average Bonchev–Trinajstić information content (AvgIpc) is 3.49. The number of carbonyl (C=O) groups excluding carboxylic acids is 2. The van der Waals surface area contributed by atoms with Crippen molar-refractivity contribution < 1.29 is 33.6 Å². The van der Waals surface area contributed by atoms with E-state index in [-0.39, 0.29) is 11.3 Å². The molecule has 10 heteroatoms. The SMILES string of the molecule is CCOc1ccc2nc(N3C(=O)C(=O)/C(=C(/O)c4ccccc4)C3c3cc(OC)c(OC)c(OC)c3)sc2c1. The van der Waals surface area contributed by atoms with E-state index in [9.17, 15) is 14.7 Å². The fourth-order valence-electron chi connectivity index (χ4n) is 4.61. The van der Waals surface area contributed by atoms with Gasteiger partial charge in [0.15, 0.2) is 16.6 Å². The third-order valence-electron chi connectivity index (χ3n) is 6.36. The maximum absolute atomic E-state index is 13.6. The van der Waals surface area contributed by atoms with Gasteiger partial charge in [-0.2, -0.15) is 0 Å². The van der Waals surface area contributed by atoms with E-state index in [1.165, 1.54) is 37.6 Å². The Bertz CT molecular complexity index is 1570. The van der Waals surface area contributed by atoms with E-state index in [1.807, 2.05) is 13.0 Å². The molecule has 0 spiro atoms. The van der Waals surface area contributed by atoms with Gasteiger partial charge >= 0.3 is 5.91 Å². The van der Waals surface area contributed by atoms with Gasteiger partial charge in [0.2, 0.25) is 5.75 Å². The van der Waals surface area contributed by atoms with Gasteiger partial charge in [-0.25, -0.2) is 4.98 Å². The van der Waals surface area contributed by atoms with E-state index in [0.29, 0.717) is 51.4 Å². The van der Waals surface area contributed by atoms with Crippen LogP contribution < -0.4 is 23.8 Å². The Labute approximate surface area is 228 Å². The number of rotatable bonds is 8. The van der Waals surface area contributed by atoms with Crippen molar-refractivity contribution in [1.82, 2.24) is 4.98 Å². The van der Waals surface area contributed by atoms with Gasteiger partial charge in [-0.15, -0.1) is 0 Å². The van der Waals surface area contributed by atoms with E-state index < -0.39 is 17.7 Å². The Kier molecular flexibility index (Phi) is 7.12. The number of thiazole rings is 1. The highest BCUT2D eigenvalue weighted by atomic mass is 32.1. The second-order valence-corrected chi connectivity index (χ2v) is 9.56. The van der Waals surface area contributed by atoms with E-state index in [0.717, 1.165) is 4.70 Å². The molecular weight excluding hydrogens is 520 g/mol. The van der Waals surface area contributed by atoms with E-state index >= 15 is 0 Å². The molecule has 1 aliphatic heterocycles. The second-order valence-electron chi connectivity index (χ2n) is 8.55. The number of methoxy groups -OCH3 is 3. The van der Waals surface area contributed by atoms with Crippen LogP contribution in [-0.2, 0) is 9.59 Å². The Morgan fingerprint density at radius 1 is 0.974 bits per heavy atom. The number of hydrogen-bond acceptors (Lipinski definition) is 9. The summed E-state index contributed by atoms with van der Waals surface area (Å²) in [6.07, 6.45) is 0. The zero-order valence-electron chi connectivity index (χ0n) is 21.8. The molecule has 1 aliphatic rings. The van der Waals surface area contributed by atoms with Gasteiger partial charge in [0.05, 0.1) is 49.8 Å². The molecule has 2 heterocycles. The van der Waals surface area contributed by atoms with Gasteiger partial charge in [0.25, 0.3) is 5.78 Å². The second kappa shape index (κ2) is 10.7. The van der Waals surface area contributed by atoms with Crippen molar-refractivity contribution in [1.29, 1.82) is 0 Å². The fourth-order valence-corrected chi connectivity index (χ4v) is 5.63. The highest BCUT2D eigenvalue weighted by molar-refractivity contribution is 7.22. The number of aliphatic hydroxyl groups excluding tert-OH is 1. The van der Waals surface area contributed by atoms with Crippen LogP contribution in [0.25, 0.3) is 16.0 Å². The number of ether oxygens (including phenoxy) is 4. The minimum absolute atomic E-state index is 0.0743. The van der Waals surface area contributed by atoms with Crippen LogP contribution in [0.1, 0.15) is 24.1 Å². The molecule has 9 nitrogen and oxygen atoms in total. The molecule has 1 N–H and O–H groups in total. The van der Waals surface area contributed by atoms with Crippen molar-refractivity contribution in [2.24, 2.45) is 0 Å². The van der Waals surface area contributed by atoms with Crippen LogP contribution in [0.3, 0.4) is 0 Å². The average molecular weight is 547 g/mol. The first kappa shape index (κ1) is 26.1. The standard InChI is InChI=1S/C29H26N2O7S/c1-5-38-18-11-12-19-22(15-18)39-29(30-19)31-24(17-13-20(35-2)27(37-4)21(14-17)36-3)23(26(33)28(31)34)25(32)16-9-7-6-8-10-16/h6-15,24,32H,5H2,1-4H3/b25-23+. The molecule has 1 saturated heterocycles. The summed E-state index contributed by atoms with van der Waals surface area (Å²) in [5.74, 6) is -0.236. The summed E-state index contributed by atoms with van der Waals surface area (Å²) in [7, 11) is 4.44. The van der Waals surface area contributed by atoms with E-state index in [1.54, 1.807) is 54.6 Å². The summed E-state index contributed by atoms with van der Waals surface area (Å²) in [5.41, 5.74) is 1.44. The van der Waals surface area contributed by atoms with Crippen molar-refractivity contribution in [2.75, 3.05) is 32.8 Å². The summed E-state index contributed by atoms with van der Waals surface area (Å²) < 4.78 is 22.9. The van der Waals surface area contributed by atoms with Crippen LogP contribution in [0.4, 0.5) is 5.13 Å². The number of aromatic nitrogens is 1. The lowest BCUT2D eigenvalue weighted by Crippen LogP contribution is -2.29. The Hall–Kier alpha value is -4.57. The van der Waals surface area contributed by atoms with Crippen LogP contribution in [0.5, 0.6) is 23.0 Å². The molecule has 5 rings (SSSR count). The van der Waals surface area contributed by atoms with Crippen molar-refractivity contribution in [3.05, 3.63) is 77.4 Å². The topological polar surface area (TPSA) is 107 Å². The van der Waals surface area contributed by atoms with Gasteiger partial charge in [-0.1, -0.05) is 41.7 Å². The van der Waals surface area contributed by atoms with Crippen LogP contribution in [0.2, 0.25) is 0 Å². The number of benzene rings is 3. The van der Waals surface area contributed by atoms with Gasteiger partial charge < -0.3 is 24.1 Å². The molecule has 1 unspecified atom stereocenters. The minimum Gasteiger partial charge on any atom is -0.507 e. The number of ketones is 1. The number of anilines is 1. The lowest BCUT2D eigenvalue weighted by atomic mass is 9.95. The molecule has 0 aliphatic carbocycles. The molecule has 39 heavy (non-hydrogen) atoms. The third kappa shape index (κ3) is 4.52. The first-order valence-corrected chi connectivity index (χ1v) is 12.9. The number of nitrogens with zero attached hydrogens (tertiary/aromatic N) is 2. The summed E-state index contributed by atoms with van der Waals surface area (Å²) in [6.45, 7) is 2.40. The van der Waals surface area contributed by atoms with Crippen LogP contribution >= 0.6 is 11.3 Å². The molecule has 0 radical (unpaired) electrons. The van der Waals surface area contributed by atoms with Crippen molar-refractivity contribution in [3.63, 3.8) is 0 Å². The Morgan fingerprint density at radius 3 is 2.28 bits per heavy atom. The maximum Gasteiger partial charge on any atom is 0.301 e. The van der Waals surface area contributed by atoms with Gasteiger partial charge in [0.1, 0.15) is 11.5 Å². The summed E-state index contributed by atoms with van der Waals surface area (Å²) >= 11 is 1.25. The van der Waals surface area contributed by atoms with Gasteiger partial charge in [-0.05, 0) is 42.8 Å². The number of hydrogen-bond donors (Lipinski definition) is 1. The van der Waals surface area contributed by atoms with Crippen molar-refractivity contribution in [2.45, 2.75) is 13.0 Å². The first-order valence-electron chi connectivity index (χ1n) is 12.1. The largest absolute Gasteiger partial charge is 0.507 e. The number of amides is 1. The Morgan fingerprint density at radius 2 is 1.67 bits per heavy atom. The third-order valence-corrected chi connectivity index (χ3v) is 7.38. The first-order chi connectivity index (χ1) is 18.9. The number of aliphatic hydroxyl groups is 1. The fraction of sp³-hybridized carbons (Fsp3) is 0.207. The molecule has 0 saturated carbocycles.